The zero-order valence-corrected chi connectivity index (χ0v) is 14.2. The number of halogens is 2. The third kappa shape index (κ3) is 4.70. The topological polar surface area (TPSA) is 59.0 Å². The smallest absolute Gasteiger partial charge is 0.254 e. The van der Waals surface area contributed by atoms with Gasteiger partial charge in [-0.25, -0.2) is 0 Å². The quantitative estimate of drug-likeness (QED) is 0.886. The lowest BCUT2D eigenvalue weighted by atomic mass is 10.1. The number of hydrogen-bond donors (Lipinski definition) is 2. The Morgan fingerprint density at radius 2 is 2.09 bits per heavy atom. The average Bonchev–Trinajstić information content (AvgIpc) is 2.99. The highest BCUT2D eigenvalue weighted by Gasteiger charge is 2.17. The van der Waals surface area contributed by atoms with E-state index in [1.807, 2.05) is 24.3 Å². The fourth-order valence-electron chi connectivity index (χ4n) is 2.60. The van der Waals surface area contributed by atoms with Crippen LogP contribution in [-0.4, -0.2) is 34.8 Å². The monoisotopic (exact) mass is 354 g/mol. The molecule has 1 aromatic carbocycles. The highest BCUT2D eigenvalue weighted by molar-refractivity contribution is 6.31. The van der Waals surface area contributed by atoms with Crippen LogP contribution in [0.3, 0.4) is 0 Å². The number of hydrogen-bond acceptors (Lipinski definition) is 3. The molecule has 0 atom stereocenters. The lowest BCUT2D eigenvalue weighted by Crippen LogP contribution is -2.42. The van der Waals surface area contributed by atoms with Crippen molar-refractivity contribution in [3.05, 3.63) is 52.8 Å². The van der Waals surface area contributed by atoms with Gasteiger partial charge in [0.1, 0.15) is 0 Å². The fourth-order valence-corrected chi connectivity index (χ4v) is 2.80. The molecule has 5 nitrogen and oxygen atoms in total. The summed E-state index contributed by atoms with van der Waals surface area (Å²) in [5.41, 5.74) is 1.57. The highest BCUT2D eigenvalue weighted by Crippen LogP contribution is 2.16. The molecule has 3 rings (SSSR count). The van der Waals surface area contributed by atoms with Crippen molar-refractivity contribution < 1.29 is 4.79 Å². The van der Waals surface area contributed by atoms with Crippen LogP contribution in [0.1, 0.15) is 28.8 Å². The SMILES string of the molecule is Cl.O=C(NC1CCNCC1)c1cnn(Cc2ccccc2Cl)c1. The van der Waals surface area contributed by atoms with Crippen molar-refractivity contribution in [1.29, 1.82) is 0 Å². The van der Waals surface area contributed by atoms with Crippen LogP contribution in [0.25, 0.3) is 0 Å². The summed E-state index contributed by atoms with van der Waals surface area (Å²) < 4.78 is 1.73. The van der Waals surface area contributed by atoms with E-state index in [0.717, 1.165) is 31.5 Å². The summed E-state index contributed by atoms with van der Waals surface area (Å²) in [7, 11) is 0. The highest BCUT2D eigenvalue weighted by atomic mass is 35.5. The van der Waals surface area contributed by atoms with Crippen LogP contribution in [0, 0.1) is 0 Å². The molecule has 1 aromatic heterocycles. The first-order valence-electron chi connectivity index (χ1n) is 7.50. The molecule has 1 fully saturated rings. The van der Waals surface area contributed by atoms with E-state index in [1.165, 1.54) is 0 Å². The van der Waals surface area contributed by atoms with Gasteiger partial charge in [0.2, 0.25) is 0 Å². The Balaban J connectivity index is 0.00000192. The van der Waals surface area contributed by atoms with Gasteiger partial charge in [0.25, 0.3) is 5.91 Å². The molecular formula is C16H20Cl2N4O. The Morgan fingerprint density at radius 1 is 1.35 bits per heavy atom. The minimum atomic E-state index is -0.0580. The summed E-state index contributed by atoms with van der Waals surface area (Å²) in [6.45, 7) is 2.47. The van der Waals surface area contributed by atoms with Gasteiger partial charge in [0, 0.05) is 17.3 Å². The third-order valence-corrected chi connectivity index (χ3v) is 4.23. The van der Waals surface area contributed by atoms with Gasteiger partial charge in [-0.3, -0.25) is 9.48 Å². The Morgan fingerprint density at radius 3 is 2.83 bits per heavy atom. The molecule has 0 unspecified atom stereocenters. The first-order valence-corrected chi connectivity index (χ1v) is 7.87. The van der Waals surface area contributed by atoms with E-state index in [1.54, 1.807) is 17.1 Å². The summed E-state index contributed by atoms with van der Waals surface area (Å²) in [5.74, 6) is -0.0580. The maximum Gasteiger partial charge on any atom is 0.254 e. The molecule has 0 spiro atoms. The van der Waals surface area contributed by atoms with Crippen LogP contribution >= 0.6 is 24.0 Å². The second kappa shape index (κ2) is 8.34. The van der Waals surface area contributed by atoms with Gasteiger partial charge in [-0.15, -0.1) is 12.4 Å². The molecule has 0 aliphatic carbocycles. The predicted molar refractivity (Wildman–Crippen MR) is 93.4 cm³/mol. The number of amides is 1. The van der Waals surface area contributed by atoms with Gasteiger partial charge < -0.3 is 10.6 Å². The predicted octanol–water partition coefficient (Wildman–Crippen LogP) is 2.49. The molecule has 23 heavy (non-hydrogen) atoms. The number of carbonyl (C=O) groups excluding carboxylic acids is 1. The van der Waals surface area contributed by atoms with E-state index in [4.69, 9.17) is 11.6 Å². The molecule has 1 saturated heterocycles. The standard InChI is InChI=1S/C16H19ClN4O.ClH/c17-15-4-2-1-3-12(15)10-21-11-13(9-19-21)16(22)20-14-5-7-18-8-6-14;/h1-4,9,11,14,18H,5-8,10H2,(H,20,22);1H. The first kappa shape index (κ1) is 17.8. The van der Waals surface area contributed by atoms with E-state index in [-0.39, 0.29) is 24.4 Å². The van der Waals surface area contributed by atoms with Gasteiger partial charge >= 0.3 is 0 Å². The van der Waals surface area contributed by atoms with Gasteiger partial charge in [-0.05, 0) is 37.6 Å². The number of nitrogens with zero attached hydrogens (tertiary/aromatic N) is 2. The minimum absolute atomic E-state index is 0. The van der Waals surface area contributed by atoms with Crippen LogP contribution < -0.4 is 10.6 Å². The van der Waals surface area contributed by atoms with Crippen LogP contribution in [0.5, 0.6) is 0 Å². The molecule has 124 valence electrons. The molecule has 0 bridgehead atoms. The second-order valence-corrected chi connectivity index (χ2v) is 5.92. The Hall–Kier alpha value is -1.56. The minimum Gasteiger partial charge on any atom is -0.349 e. The Labute approximate surface area is 146 Å². The molecule has 1 aliphatic heterocycles. The van der Waals surface area contributed by atoms with Crippen molar-refractivity contribution >= 4 is 29.9 Å². The van der Waals surface area contributed by atoms with E-state index < -0.39 is 0 Å². The molecule has 7 heteroatoms. The zero-order chi connectivity index (χ0) is 15.4. The molecular weight excluding hydrogens is 335 g/mol. The van der Waals surface area contributed by atoms with Crippen LogP contribution in [0.4, 0.5) is 0 Å². The zero-order valence-electron chi connectivity index (χ0n) is 12.7. The van der Waals surface area contributed by atoms with Gasteiger partial charge in [-0.2, -0.15) is 5.10 Å². The number of carbonyl (C=O) groups is 1. The summed E-state index contributed by atoms with van der Waals surface area (Å²) in [6.07, 6.45) is 5.31. The summed E-state index contributed by atoms with van der Waals surface area (Å²) in [6, 6.07) is 7.90. The molecule has 0 saturated carbocycles. The normalized spacial score (nSPS) is 15.0. The molecule has 2 heterocycles. The number of piperidine rings is 1. The van der Waals surface area contributed by atoms with Crippen LogP contribution in [-0.2, 0) is 6.54 Å². The van der Waals surface area contributed by atoms with Crippen molar-refractivity contribution in [1.82, 2.24) is 20.4 Å². The van der Waals surface area contributed by atoms with Crippen molar-refractivity contribution in [3.63, 3.8) is 0 Å². The largest absolute Gasteiger partial charge is 0.349 e. The van der Waals surface area contributed by atoms with Gasteiger partial charge in [0.05, 0.1) is 18.3 Å². The number of nitrogens with one attached hydrogen (secondary N) is 2. The van der Waals surface area contributed by atoms with Crippen molar-refractivity contribution in [2.45, 2.75) is 25.4 Å². The average molecular weight is 355 g/mol. The molecule has 2 N–H and O–H groups in total. The lowest BCUT2D eigenvalue weighted by molar-refractivity contribution is 0.0929. The van der Waals surface area contributed by atoms with Crippen LogP contribution in [0.2, 0.25) is 5.02 Å². The third-order valence-electron chi connectivity index (χ3n) is 3.86. The van der Waals surface area contributed by atoms with Gasteiger partial charge in [-0.1, -0.05) is 29.8 Å². The maximum atomic E-state index is 12.2. The molecule has 1 amide bonds. The van der Waals surface area contributed by atoms with Gasteiger partial charge in [0.15, 0.2) is 0 Å². The van der Waals surface area contributed by atoms with Crippen molar-refractivity contribution in [2.24, 2.45) is 0 Å². The van der Waals surface area contributed by atoms with E-state index in [2.05, 4.69) is 15.7 Å². The maximum absolute atomic E-state index is 12.2. The molecule has 2 aromatic rings. The van der Waals surface area contributed by atoms with Crippen molar-refractivity contribution in [3.8, 4) is 0 Å². The molecule has 1 aliphatic rings. The fraction of sp³-hybridized carbons (Fsp3) is 0.375. The number of aromatic nitrogens is 2. The lowest BCUT2D eigenvalue weighted by Gasteiger charge is -2.23. The van der Waals surface area contributed by atoms with E-state index in [0.29, 0.717) is 17.1 Å². The number of rotatable bonds is 4. The van der Waals surface area contributed by atoms with E-state index in [9.17, 15) is 4.79 Å². The summed E-state index contributed by atoms with van der Waals surface area (Å²) in [4.78, 5) is 12.2. The van der Waals surface area contributed by atoms with Crippen LogP contribution in [0.15, 0.2) is 36.7 Å². The first-order chi connectivity index (χ1) is 10.7. The summed E-state index contributed by atoms with van der Waals surface area (Å²) in [5, 5.41) is 11.3. The number of benzene rings is 1. The second-order valence-electron chi connectivity index (χ2n) is 5.52. The Kier molecular flexibility index (Phi) is 6.45. The Bertz CT molecular complexity index is 653. The van der Waals surface area contributed by atoms with Crippen molar-refractivity contribution in [2.75, 3.05) is 13.1 Å². The summed E-state index contributed by atoms with van der Waals surface area (Å²) >= 11 is 6.15. The molecule has 0 radical (unpaired) electrons. The van der Waals surface area contributed by atoms with E-state index >= 15 is 0 Å².